The van der Waals surface area contributed by atoms with Crippen LogP contribution in [-0.4, -0.2) is 48.0 Å². The van der Waals surface area contributed by atoms with Crippen LogP contribution in [0, 0.1) is 5.92 Å². The molecular formula is C16H22N2O3. The van der Waals surface area contributed by atoms with Crippen molar-refractivity contribution in [3.8, 4) is 0 Å². The van der Waals surface area contributed by atoms with Crippen molar-refractivity contribution in [3.63, 3.8) is 0 Å². The van der Waals surface area contributed by atoms with Crippen molar-refractivity contribution in [2.75, 3.05) is 20.1 Å². The number of amides is 2. The van der Waals surface area contributed by atoms with E-state index >= 15 is 0 Å². The van der Waals surface area contributed by atoms with Gasteiger partial charge < -0.3 is 14.5 Å². The normalized spacial score (nSPS) is 16.5. The van der Waals surface area contributed by atoms with Crippen LogP contribution in [0.4, 0.5) is 4.79 Å². The molecule has 1 saturated heterocycles. The molecule has 2 rings (SSSR count). The van der Waals surface area contributed by atoms with Gasteiger partial charge in [0.25, 0.3) is 0 Å². The van der Waals surface area contributed by atoms with E-state index in [0.717, 1.165) is 5.56 Å². The number of nitrogens with zero attached hydrogens (tertiary/aromatic N) is 2. The quantitative estimate of drug-likeness (QED) is 0.781. The van der Waals surface area contributed by atoms with Crippen LogP contribution in [0.2, 0.25) is 0 Å². The molecule has 0 unspecified atom stereocenters. The number of likely N-dealkylation sites (N-methyl/N-ethyl adjacent to an activating group) is 1. The van der Waals surface area contributed by atoms with Gasteiger partial charge in [-0.05, 0) is 11.5 Å². The number of benzene rings is 1. The number of esters is 1. The second kappa shape index (κ2) is 6.61. The highest BCUT2D eigenvalue weighted by molar-refractivity contribution is 5.85. The van der Waals surface area contributed by atoms with Crippen LogP contribution < -0.4 is 0 Å². The van der Waals surface area contributed by atoms with Gasteiger partial charge in [0.1, 0.15) is 12.6 Å². The van der Waals surface area contributed by atoms with E-state index in [0.29, 0.717) is 13.1 Å². The summed E-state index contributed by atoms with van der Waals surface area (Å²) in [6, 6.07) is 8.92. The second-order valence-electron chi connectivity index (χ2n) is 5.68. The van der Waals surface area contributed by atoms with Crippen LogP contribution in [0.15, 0.2) is 30.3 Å². The Morgan fingerprint density at radius 1 is 1.24 bits per heavy atom. The van der Waals surface area contributed by atoms with Crippen molar-refractivity contribution >= 4 is 12.0 Å². The maximum Gasteiger partial charge on any atom is 0.329 e. The Bertz CT molecular complexity index is 502. The Morgan fingerprint density at radius 3 is 2.43 bits per heavy atom. The van der Waals surface area contributed by atoms with E-state index in [1.165, 1.54) is 0 Å². The third-order valence-corrected chi connectivity index (χ3v) is 3.68. The zero-order valence-corrected chi connectivity index (χ0v) is 12.8. The fourth-order valence-corrected chi connectivity index (χ4v) is 2.50. The lowest BCUT2D eigenvalue weighted by Gasteiger charge is -2.28. The molecule has 0 radical (unpaired) electrons. The molecule has 0 aromatic heterocycles. The predicted molar refractivity (Wildman–Crippen MR) is 79.6 cm³/mol. The van der Waals surface area contributed by atoms with Crippen LogP contribution in [0.5, 0.6) is 0 Å². The summed E-state index contributed by atoms with van der Waals surface area (Å²) in [7, 11) is 1.75. The molecule has 0 saturated carbocycles. The Labute approximate surface area is 125 Å². The van der Waals surface area contributed by atoms with E-state index in [4.69, 9.17) is 4.74 Å². The van der Waals surface area contributed by atoms with Crippen molar-refractivity contribution in [3.05, 3.63) is 35.9 Å². The van der Waals surface area contributed by atoms with Gasteiger partial charge in [-0.1, -0.05) is 44.2 Å². The maximum absolute atomic E-state index is 12.4. The van der Waals surface area contributed by atoms with Gasteiger partial charge in [0.05, 0.1) is 0 Å². The third kappa shape index (κ3) is 3.54. The molecule has 0 bridgehead atoms. The molecule has 5 heteroatoms. The molecule has 21 heavy (non-hydrogen) atoms. The highest BCUT2D eigenvalue weighted by Gasteiger charge is 2.38. The first-order chi connectivity index (χ1) is 10.0. The van der Waals surface area contributed by atoms with Crippen molar-refractivity contribution in [1.82, 2.24) is 9.80 Å². The summed E-state index contributed by atoms with van der Waals surface area (Å²) < 4.78 is 5.40. The molecule has 0 aliphatic carbocycles. The second-order valence-corrected chi connectivity index (χ2v) is 5.68. The van der Waals surface area contributed by atoms with E-state index in [-0.39, 0.29) is 24.5 Å². The van der Waals surface area contributed by atoms with Crippen LogP contribution >= 0.6 is 0 Å². The number of hydrogen-bond acceptors (Lipinski definition) is 3. The summed E-state index contributed by atoms with van der Waals surface area (Å²) in [5.74, 6) is -0.318. The zero-order chi connectivity index (χ0) is 15.4. The summed E-state index contributed by atoms with van der Waals surface area (Å²) in [5, 5.41) is 0. The van der Waals surface area contributed by atoms with Crippen molar-refractivity contribution in [2.45, 2.75) is 26.5 Å². The predicted octanol–water partition coefficient (Wildman–Crippen LogP) is 2.12. The number of carbonyl (C=O) groups excluding carboxylic acids is 2. The van der Waals surface area contributed by atoms with Gasteiger partial charge >= 0.3 is 12.0 Å². The molecule has 2 amide bonds. The number of carbonyl (C=O) groups is 2. The highest BCUT2D eigenvalue weighted by Crippen LogP contribution is 2.19. The zero-order valence-electron chi connectivity index (χ0n) is 12.8. The summed E-state index contributed by atoms with van der Waals surface area (Å²) >= 11 is 0. The van der Waals surface area contributed by atoms with Crippen LogP contribution in [0.25, 0.3) is 0 Å². The average molecular weight is 290 g/mol. The Morgan fingerprint density at radius 2 is 1.90 bits per heavy atom. The van der Waals surface area contributed by atoms with Gasteiger partial charge in [-0.15, -0.1) is 0 Å². The van der Waals surface area contributed by atoms with Crippen LogP contribution in [0.3, 0.4) is 0 Å². The first-order valence-electron chi connectivity index (χ1n) is 7.23. The number of ether oxygens (including phenoxy) is 1. The molecule has 5 nitrogen and oxygen atoms in total. The SMILES string of the molecule is CC(C)[C@@H](C(=O)OCc1ccccc1)N1CCN(C)C1=O. The molecule has 1 fully saturated rings. The molecule has 0 N–H and O–H groups in total. The summed E-state index contributed by atoms with van der Waals surface area (Å²) in [4.78, 5) is 27.7. The van der Waals surface area contributed by atoms with E-state index in [1.54, 1.807) is 16.8 Å². The first kappa shape index (κ1) is 15.4. The monoisotopic (exact) mass is 290 g/mol. The molecular weight excluding hydrogens is 268 g/mol. The molecule has 1 aromatic rings. The first-order valence-corrected chi connectivity index (χ1v) is 7.23. The molecule has 1 atom stereocenters. The van der Waals surface area contributed by atoms with Gasteiger partial charge in [-0.2, -0.15) is 0 Å². The summed E-state index contributed by atoms with van der Waals surface area (Å²) in [5.41, 5.74) is 0.943. The van der Waals surface area contributed by atoms with E-state index in [9.17, 15) is 9.59 Å². The fraction of sp³-hybridized carbons (Fsp3) is 0.500. The fourth-order valence-electron chi connectivity index (χ4n) is 2.50. The van der Waals surface area contributed by atoms with Crippen molar-refractivity contribution < 1.29 is 14.3 Å². The van der Waals surface area contributed by atoms with Gasteiger partial charge in [0.15, 0.2) is 0 Å². The number of hydrogen-bond donors (Lipinski definition) is 0. The van der Waals surface area contributed by atoms with Crippen molar-refractivity contribution in [2.24, 2.45) is 5.92 Å². The summed E-state index contributed by atoms with van der Waals surface area (Å²) in [6.45, 7) is 5.31. The minimum Gasteiger partial charge on any atom is -0.459 e. The standard InChI is InChI=1S/C16H22N2O3/c1-12(2)14(18-10-9-17(3)16(18)20)15(19)21-11-13-7-5-4-6-8-13/h4-8,12,14H,9-11H2,1-3H3/t14-/m0/s1. The number of rotatable bonds is 5. The van der Waals surface area contributed by atoms with Crippen LogP contribution in [-0.2, 0) is 16.1 Å². The van der Waals surface area contributed by atoms with Gasteiger partial charge in [0, 0.05) is 20.1 Å². The smallest absolute Gasteiger partial charge is 0.329 e. The highest BCUT2D eigenvalue weighted by atomic mass is 16.5. The Balaban J connectivity index is 2.01. The average Bonchev–Trinajstić information content (AvgIpc) is 2.78. The molecule has 1 aliphatic rings. The molecule has 1 aromatic carbocycles. The minimum atomic E-state index is -0.522. The Hall–Kier alpha value is -2.04. The third-order valence-electron chi connectivity index (χ3n) is 3.68. The largest absolute Gasteiger partial charge is 0.459 e. The van der Waals surface area contributed by atoms with E-state index < -0.39 is 6.04 Å². The van der Waals surface area contributed by atoms with Gasteiger partial charge in [-0.25, -0.2) is 9.59 Å². The molecule has 1 aliphatic heterocycles. The Kier molecular flexibility index (Phi) is 4.83. The molecule has 114 valence electrons. The molecule has 1 heterocycles. The van der Waals surface area contributed by atoms with Gasteiger partial charge in [0.2, 0.25) is 0 Å². The summed E-state index contributed by atoms with van der Waals surface area (Å²) in [6.07, 6.45) is 0. The van der Waals surface area contributed by atoms with Crippen LogP contribution in [0.1, 0.15) is 19.4 Å². The van der Waals surface area contributed by atoms with E-state index in [2.05, 4.69) is 0 Å². The maximum atomic E-state index is 12.4. The van der Waals surface area contributed by atoms with Crippen molar-refractivity contribution in [1.29, 1.82) is 0 Å². The van der Waals surface area contributed by atoms with Gasteiger partial charge in [-0.3, -0.25) is 0 Å². The lowest BCUT2D eigenvalue weighted by atomic mass is 10.0. The minimum absolute atomic E-state index is 0.0173. The lowest BCUT2D eigenvalue weighted by Crippen LogP contribution is -2.47. The van der Waals surface area contributed by atoms with E-state index in [1.807, 2.05) is 44.2 Å². The topological polar surface area (TPSA) is 49.9 Å². The lowest BCUT2D eigenvalue weighted by molar-refractivity contribution is -0.151. The molecule has 0 spiro atoms. The number of urea groups is 1.